The number of aliphatic imine (C=N–C) groups is 1. The molecule has 0 aliphatic carbocycles. The number of anilines is 1. The standard InChI is InChI=1S/C26H24FN3O4S/c1-33-18-13-11-17(12-14-18)16-30-24(31)15-23(25(32)28-21-9-5-6-10-22(21)34-2)35-26(30)29-20-8-4-3-7-19(20)27/h3-14,23H,15-16H2,1-2H3,(H,28,32)/t23-/m0/s1. The SMILES string of the molecule is COc1ccc(CN2C(=O)C[C@@H](C(=O)Nc3ccccc3OC)SC2=Nc2ccccc2F)cc1. The third-order valence-corrected chi connectivity index (χ3v) is 6.55. The quantitative estimate of drug-likeness (QED) is 0.501. The van der Waals surface area contributed by atoms with Crippen molar-refractivity contribution in [3.8, 4) is 11.5 Å². The predicted molar refractivity (Wildman–Crippen MR) is 135 cm³/mol. The number of thioether (sulfide) groups is 1. The van der Waals surface area contributed by atoms with E-state index in [0.717, 1.165) is 17.3 Å². The van der Waals surface area contributed by atoms with Crippen LogP contribution in [-0.2, 0) is 16.1 Å². The Bertz CT molecular complexity index is 1250. The summed E-state index contributed by atoms with van der Waals surface area (Å²) in [5, 5.41) is 2.33. The number of para-hydroxylation sites is 3. The van der Waals surface area contributed by atoms with Gasteiger partial charge in [0.05, 0.1) is 26.5 Å². The average molecular weight is 494 g/mol. The van der Waals surface area contributed by atoms with Crippen molar-refractivity contribution < 1.29 is 23.5 Å². The third-order valence-electron chi connectivity index (χ3n) is 5.37. The molecule has 0 aromatic heterocycles. The minimum atomic E-state index is -0.745. The Balaban J connectivity index is 1.61. The largest absolute Gasteiger partial charge is 0.497 e. The number of nitrogens with one attached hydrogen (secondary N) is 1. The average Bonchev–Trinajstić information content (AvgIpc) is 2.88. The number of carbonyl (C=O) groups is 2. The first-order chi connectivity index (χ1) is 17.0. The van der Waals surface area contributed by atoms with Crippen LogP contribution in [0, 0.1) is 5.82 Å². The van der Waals surface area contributed by atoms with Crippen molar-refractivity contribution in [1.82, 2.24) is 4.90 Å². The van der Waals surface area contributed by atoms with Crippen LogP contribution in [0.2, 0.25) is 0 Å². The molecule has 1 aliphatic heterocycles. The molecular weight excluding hydrogens is 469 g/mol. The van der Waals surface area contributed by atoms with Crippen LogP contribution in [0.25, 0.3) is 0 Å². The fourth-order valence-corrected chi connectivity index (χ4v) is 4.61. The number of hydrogen-bond acceptors (Lipinski definition) is 6. The zero-order valence-corrected chi connectivity index (χ0v) is 20.0. The highest BCUT2D eigenvalue weighted by Crippen LogP contribution is 2.33. The van der Waals surface area contributed by atoms with E-state index in [4.69, 9.17) is 9.47 Å². The highest BCUT2D eigenvalue weighted by atomic mass is 32.2. The molecule has 1 saturated heterocycles. The molecule has 3 aromatic rings. The lowest BCUT2D eigenvalue weighted by Gasteiger charge is -2.32. The molecule has 7 nitrogen and oxygen atoms in total. The molecule has 9 heteroatoms. The number of halogens is 1. The summed E-state index contributed by atoms with van der Waals surface area (Å²) in [7, 11) is 3.09. The van der Waals surface area contributed by atoms with Crippen molar-refractivity contribution >= 4 is 40.1 Å². The number of amidine groups is 1. The van der Waals surface area contributed by atoms with Crippen molar-refractivity contribution in [3.63, 3.8) is 0 Å². The van der Waals surface area contributed by atoms with Gasteiger partial charge in [-0.3, -0.25) is 14.5 Å². The van der Waals surface area contributed by atoms with Gasteiger partial charge in [-0.05, 0) is 42.0 Å². The van der Waals surface area contributed by atoms with E-state index < -0.39 is 11.1 Å². The lowest BCUT2D eigenvalue weighted by Crippen LogP contribution is -2.44. The molecule has 1 fully saturated rings. The molecule has 0 spiro atoms. The molecule has 4 rings (SSSR count). The van der Waals surface area contributed by atoms with Crippen molar-refractivity contribution in [2.45, 2.75) is 18.2 Å². The molecule has 0 bridgehead atoms. The highest BCUT2D eigenvalue weighted by molar-refractivity contribution is 8.15. The first-order valence-corrected chi connectivity index (χ1v) is 11.7. The van der Waals surface area contributed by atoms with Gasteiger partial charge in [0.15, 0.2) is 5.17 Å². The van der Waals surface area contributed by atoms with Crippen LogP contribution in [0.15, 0.2) is 77.8 Å². The van der Waals surface area contributed by atoms with Gasteiger partial charge >= 0.3 is 0 Å². The summed E-state index contributed by atoms with van der Waals surface area (Å²) in [5.41, 5.74) is 1.44. The Kier molecular flexibility index (Phi) is 7.67. The molecule has 1 heterocycles. The van der Waals surface area contributed by atoms with Gasteiger partial charge in [-0.1, -0.05) is 48.2 Å². The van der Waals surface area contributed by atoms with Gasteiger partial charge in [-0.25, -0.2) is 9.38 Å². The zero-order chi connectivity index (χ0) is 24.8. The van der Waals surface area contributed by atoms with E-state index in [1.807, 2.05) is 12.1 Å². The number of ether oxygens (including phenoxy) is 2. The van der Waals surface area contributed by atoms with E-state index in [2.05, 4.69) is 10.3 Å². The summed E-state index contributed by atoms with van der Waals surface area (Å²) < 4.78 is 24.9. The van der Waals surface area contributed by atoms with E-state index in [1.165, 1.54) is 24.1 Å². The van der Waals surface area contributed by atoms with E-state index >= 15 is 0 Å². The molecule has 0 saturated carbocycles. The number of amides is 2. The summed E-state index contributed by atoms with van der Waals surface area (Å²) >= 11 is 1.13. The number of hydrogen-bond donors (Lipinski definition) is 1. The monoisotopic (exact) mass is 493 g/mol. The van der Waals surface area contributed by atoms with Crippen LogP contribution < -0.4 is 14.8 Å². The van der Waals surface area contributed by atoms with Crippen molar-refractivity contribution in [3.05, 3.63) is 84.2 Å². The van der Waals surface area contributed by atoms with E-state index in [-0.39, 0.29) is 35.6 Å². The first kappa shape index (κ1) is 24.3. The number of benzene rings is 3. The minimum absolute atomic E-state index is 0.0297. The van der Waals surface area contributed by atoms with Crippen LogP contribution >= 0.6 is 11.8 Å². The lowest BCUT2D eigenvalue weighted by molar-refractivity contribution is -0.129. The summed E-state index contributed by atoms with van der Waals surface area (Å²) in [6, 6.07) is 20.4. The second kappa shape index (κ2) is 11.1. The van der Waals surface area contributed by atoms with E-state index in [0.29, 0.717) is 17.2 Å². The number of nitrogens with zero attached hydrogens (tertiary/aromatic N) is 2. The Morgan fingerprint density at radius 1 is 1.06 bits per heavy atom. The van der Waals surface area contributed by atoms with Crippen molar-refractivity contribution in [2.75, 3.05) is 19.5 Å². The van der Waals surface area contributed by atoms with Crippen LogP contribution in [0.1, 0.15) is 12.0 Å². The maximum Gasteiger partial charge on any atom is 0.238 e. The van der Waals surface area contributed by atoms with Gasteiger partial charge in [0, 0.05) is 6.42 Å². The molecule has 1 N–H and O–H groups in total. The van der Waals surface area contributed by atoms with Gasteiger partial charge in [0.25, 0.3) is 0 Å². The number of rotatable bonds is 7. The second-order valence-electron chi connectivity index (χ2n) is 7.67. The molecule has 180 valence electrons. The molecular formula is C26H24FN3O4S. The molecule has 1 atom stereocenters. The van der Waals surface area contributed by atoms with Crippen LogP contribution in [0.3, 0.4) is 0 Å². The maximum atomic E-state index is 14.4. The van der Waals surface area contributed by atoms with Crippen molar-refractivity contribution in [1.29, 1.82) is 0 Å². The Labute approximate surface area is 207 Å². The fourth-order valence-electron chi connectivity index (χ4n) is 3.52. The van der Waals surface area contributed by atoms with Crippen LogP contribution in [-0.4, -0.2) is 41.4 Å². The minimum Gasteiger partial charge on any atom is -0.497 e. The van der Waals surface area contributed by atoms with Gasteiger partial charge in [0.1, 0.15) is 28.3 Å². The van der Waals surface area contributed by atoms with Crippen molar-refractivity contribution in [2.24, 2.45) is 4.99 Å². The van der Waals surface area contributed by atoms with Gasteiger partial charge < -0.3 is 14.8 Å². The number of methoxy groups -OCH3 is 2. The summed E-state index contributed by atoms with van der Waals surface area (Å²) in [4.78, 5) is 32.2. The molecule has 3 aromatic carbocycles. The van der Waals surface area contributed by atoms with Crippen LogP contribution in [0.4, 0.5) is 15.8 Å². The van der Waals surface area contributed by atoms with Crippen LogP contribution in [0.5, 0.6) is 11.5 Å². The van der Waals surface area contributed by atoms with Gasteiger partial charge in [-0.15, -0.1) is 0 Å². The molecule has 1 aliphatic rings. The topological polar surface area (TPSA) is 80.2 Å². The van der Waals surface area contributed by atoms with E-state index in [9.17, 15) is 14.0 Å². The molecule has 35 heavy (non-hydrogen) atoms. The number of carbonyl (C=O) groups excluding carboxylic acids is 2. The normalized spacial score (nSPS) is 16.8. The summed E-state index contributed by atoms with van der Waals surface area (Å²) in [5.74, 6) is 0.0434. The van der Waals surface area contributed by atoms with Gasteiger partial charge in [0.2, 0.25) is 11.8 Å². The maximum absolute atomic E-state index is 14.4. The predicted octanol–water partition coefficient (Wildman–Crippen LogP) is 5.00. The summed E-state index contributed by atoms with van der Waals surface area (Å²) in [6.45, 7) is 0.226. The third kappa shape index (κ3) is 5.81. The zero-order valence-electron chi connectivity index (χ0n) is 19.2. The lowest BCUT2D eigenvalue weighted by atomic mass is 10.2. The molecule has 0 unspecified atom stereocenters. The smallest absolute Gasteiger partial charge is 0.238 e. The molecule has 0 radical (unpaired) electrons. The summed E-state index contributed by atoms with van der Waals surface area (Å²) in [6.07, 6.45) is -0.0297. The first-order valence-electron chi connectivity index (χ1n) is 10.9. The Morgan fingerprint density at radius 3 is 2.49 bits per heavy atom. The second-order valence-corrected chi connectivity index (χ2v) is 8.84. The van der Waals surface area contributed by atoms with Gasteiger partial charge in [-0.2, -0.15) is 0 Å². The fraction of sp³-hybridized carbons (Fsp3) is 0.192. The van der Waals surface area contributed by atoms with E-state index in [1.54, 1.807) is 55.6 Å². The Morgan fingerprint density at radius 2 is 1.77 bits per heavy atom. The highest BCUT2D eigenvalue weighted by Gasteiger charge is 2.36. The Hall–Kier alpha value is -3.85. The molecule has 2 amide bonds.